The zero-order valence-electron chi connectivity index (χ0n) is 16.4. The maximum Gasteiger partial charge on any atom is 0.487 e. The Hall–Kier alpha value is -3.24. The number of aromatic nitrogens is 3. The molecule has 0 aliphatic carbocycles. The predicted molar refractivity (Wildman–Crippen MR) is 111 cm³/mol. The first kappa shape index (κ1) is 21.0. The third-order valence-corrected chi connectivity index (χ3v) is 4.70. The first-order valence-corrected chi connectivity index (χ1v) is 9.68. The van der Waals surface area contributed by atoms with Crippen molar-refractivity contribution >= 4 is 29.0 Å². The monoisotopic (exact) mass is 449 g/mol. The summed E-state index contributed by atoms with van der Waals surface area (Å²) in [6.07, 6.45) is 3.17. The summed E-state index contributed by atoms with van der Waals surface area (Å²) in [6.45, 7) is 3.60. The summed E-state index contributed by atoms with van der Waals surface area (Å²) in [6, 6.07) is 7.14. The first-order chi connectivity index (χ1) is 14.8. The molecule has 0 unspecified atom stereocenters. The lowest BCUT2D eigenvalue weighted by atomic mass is 10.1. The van der Waals surface area contributed by atoms with Gasteiger partial charge in [0.15, 0.2) is 0 Å². The van der Waals surface area contributed by atoms with Gasteiger partial charge in [0.05, 0.1) is 24.1 Å². The number of hydrogen-bond donors (Lipinski definition) is 2. The minimum Gasteiger partial charge on any atom is -0.420 e. The predicted octanol–water partition coefficient (Wildman–Crippen LogP) is 3.99. The molecule has 2 aromatic heterocycles. The molecule has 2 N–H and O–H groups in total. The number of benzene rings is 1. The second-order valence-electron chi connectivity index (χ2n) is 6.85. The number of anilines is 2. The molecule has 1 amide bonds. The van der Waals surface area contributed by atoms with E-state index in [0.29, 0.717) is 37.0 Å². The number of nitrogens with one attached hydrogen (secondary N) is 2. The average molecular weight is 450 g/mol. The smallest absolute Gasteiger partial charge is 0.420 e. The van der Waals surface area contributed by atoms with Crippen LogP contribution in [0.2, 0.25) is 0 Å². The van der Waals surface area contributed by atoms with Gasteiger partial charge in [-0.15, -0.1) is 8.78 Å². The summed E-state index contributed by atoms with van der Waals surface area (Å²) >= 11 is 4.75. The average Bonchev–Trinajstić information content (AvgIpc) is 3.39. The number of ether oxygens (including phenoxy) is 2. The van der Waals surface area contributed by atoms with Crippen molar-refractivity contribution in [2.75, 3.05) is 30.1 Å². The Balaban J connectivity index is 1.58. The molecular formula is C20H18ClF2N5O3. The fraction of sp³-hybridized carbons (Fsp3) is 0.250. The van der Waals surface area contributed by atoms with Crippen LogP contribution >= 0.6 is 11.6 Å². The molecule has 8 nitrogen and oxygen atoms in total. The molecule has 1 fully saturated rings. The summed E-state index contributed by atoms with van der Waals surface area (Å²) < 4.78 is 35.1. The molecule has 0 radical (unpaired) electrons. The number of aromatic amines is 1. The SMILES string of the molecule is Cc1cn[nH]c1-c1cc(C(=O)Nc2ccc(OC(F)(F)Cl)cc2)cnc1N1CCOC1. The fourth-order valence-corrected chi connectivity index (χ4v) is 3.25. The molecule has 1 saturated heterocycles. The lowest BCUT2D eigenvalue weighted by Crippen LogP contribution is -2.22. The van der Waals surface area contributed by atoms with Crippen LogP contribution in [0.3, 0.4) is 0 Å². The van der Waals surface area contributed by atoms with Crippen LogP contribution in [0.1, 0.15) is 15.9 Å². The van der Waals surface area contributed by atoms with Crippen molar-refractivity contribution in [1.29, 1.82) is 0 Å². The quantitative estimate of drug-likeness (QED) is 0.553. The van der Waals surface area contributed by atoms with Gasteiger partial charge in [-0.2, -0.15) is 5.10 Å². The van der Waals surface area contributed by atoms with Gasteiger partial charge in [0.1, 0.15) is 18.3 Å². The molecule has 1 aromatic carbocycles. The molecule has 0 atom stereocenters. The Morgan fingerprint density at radius 3 is 2.71 bits per heavy atom. The van der Waals surface area contributed by atoms with Crippen molar-refractivity contribution in [1.82, 2.24) is 15.2 Å². The summed E-state index contributed by atoms with van der Waals surface area (Å²) in [4.78, 5) is 19.2. The van der Waals surface area contributed by atoms with Crippen LogP contribution in [0.4, 0.5) is 20.3 Å². The molecule has 0 bridgehead atoms. The first-order valence-electron chi connectivity index (χ1n) is 9.30. The van der Waals surface area contributed by atoms with E-state index in [1.165, 1.54) is 30.5 Å². The van der Waals surface area contributed by atoms with Gasteiger partial charge in [-0.1, -0.05) is 0 Å². The highest BCUT2D eigenvalue weighted by atomic mass is 35.5. The maximum absolute atomic E-state index is 12.8. The van der Waals surface area contributed by atoms with Crippen LogP contribution in [0.15, 0.2) is 42.7 Å². The van der Waals surface area contributed by atoms with Crippen molar-refractivity contribution in [3.8, 4) is 17.0 Å². The van der Waals surface area contributed by atoms with E-state index in [2.05, 4.69) is 25.2 Å². The third-order valence-electron chi connectivity index (χ3n) is 4.63. The number of H-pyrrole nitrogens is 1. The molecule has 31 heavy (non-hydrogen) atoms. The minimum absolute atomic E-state index is 0.131. The molecule has 4 rings (SSSR count). The number of hydrogen-bond acceptors (Lipinski definition) is 6. The number of nitrogens with zero attached hydrogens (tertiary/aromatic N) is 3. The Morgan fingerprint density at radius 1 is 1.32 bits per heavy atom. The lowest BCUT2D eigenvalue weighted by Gasteiger charge is -2.19. The second-order valence-corrected chi connectivity index (χ2v) is 7.29. The van der Waals surface area contributed by atoms with Crippen LogP contribution in [0.5, 0.6) is 5.75 Å². The van der Waals surface area contributed by atoms with Crippen LogP contribution in [0.25, 0.3) is 11.3 Å². The molecule has 162 valence electrons. The molecule has 3 heterocycles. The van der Waals surface area contributed by atoms with Crippen molar-refractivity contribution in [3.05, 3.63) is 53.9 Å². The van der Waals surface area contributed by atoms with Gasteiger partial charge in [-0.05, 0) is 42.8 Å². The molecule has 11 heteroatoms. The summed E-state index contributed by atoms with van der Waals surface area (Å²) in [5.41, 5.74) is -0.701. The van der Waals surface area contributed by atoms with Crippen LogP contribution in [0, 0.1) is 6.92 Å². The Bertz CT molecular complexity index is 1080. The number of amides is 1. The normalized spacial score (nSPS) is 14.0. The molecule has 0 saturated carbocycles. The van der Waals surface area contributed by atoms with Crippen molar-refractivity contribution < 1.29 is 23.0 Å². The number of aryl methyl sites for hydroxylation is 1. The lowest BCUT2D eigenvalue weighted by molar-refractivity contribution is -0.0964. The van der Waals surface area contributed by atoms with Gasteiger partial charge in [-0.25, -0.2) is 4.98 Å². The van der Waals surface area contributed by atoms with Crippen LogP contribution in [-0.4, -0.2) is 46.5 Å². The third kappa shape index (κ3) is 4.92. The summed E-state index contributed by atoms with van der Waals surface area (Å²) in [5.74, 6) is 0.144. The second kappa shape index (κ2) is 8.48. The van der Waals surface area contributed by atoms with Crippen molar-refractivity contribution in [2.24, 2.45) is 0 Å². The number of alkyl halides is 3. The number of carbonyl (C=O) groups is 1. The van der Waals surface area contributed by atoms with Crippen LogP contribution in [-0.2, 0) is 4.74 Å². The zero-order valence-corrected chi connectivity index (χ0v) is 17.1. The number of rotatable bonds is 6. The highest BCUT2D eigenvalue weighted by Gasteiger charge is 2.27. The fourth-order valence-electron chi connectivity index (χ4n) is 3.16. The van der Waals surface area contributed by atoms with Gasteiger partial charge in [0, 0.05) is 35.6 Å². The van der Waals surface area contributed by atoms with E-state index in [4.69, 9.17) is 16.3 Å². The summed E-state index contributed by atoms with van der Waals surface area (Å²) in [5, 5.41) is 9.72. The number of pyridine rings is 1. The molecule has 1 aliphatic rings. The van der Waals surface area contributed by atoms with E-state index in [9.17, 15) is 13.6 Å². The molecule has 1 aliphatic heterocycles. The highest BCUT2D eigenvalue weighted by molar-refractivity contribution is 6.20. The molecule has 3 aromatic rings. The van der Waals surface area contributed by atoms with Crippen molar-refractivity contribution in [2.45, 2.75) is 12.5 Å². The standard InChI is InChI=1S/C20H18ClF2N5O3/c1-12-9-25-27-17(12)16-8-13(10-24-18(16)28-6-7-30-11-28)19(29)26-14-2-4-15(5-3-14)31-20(21,22)23/h2-5,8-10H,6-7,11H2,1H3,(H,25,27)(H,26,29). The minimum atomic E-state index is -3.81. The zero-order chi connectivity index (χ0) is 22.0. The van der Waals surface area contributed by atoms with E-state index in [1.807, 2.05) is 11.8 Å². The molecule has 0 spiro atoms. The Morgan fingerprint density at radius 2 is 2.10 bits per heavy atom. The number of carbonyl (C=O) groups excluding carboxylic acids is 1. The maximum atomic E-state index is 12.8. The Labute approximate surface area is 181 Å². The topological polar surface area (TPSA) is 92.4 Å². The number of halogens is 3. The van der Waals surface area contributed by atoms with Gasteiger partial charge in [0.2, 0.25) is 0 Å². The van der Waals surface area contributed by atoms with Crippen LogP contribution < -0.4 is 15.0 Å². The van der Waals surface area contributed by atoms with E-state index in [0.717, 1.165) is 16.8 Å². The highest BCUT2D eigenvalue weighted by Crippen LogP contribution is 2.32. The van der Waals surface area contributed by atoms with Gasteiger partial charge < -0.3 is 19.7 Å². The van der Waals surface area contributed by atoms with Gasteiger partial charge in [0.25, 0.3) is 5.91 Å². The van der Waals surface area contributed by atoms with Gasteiger partial charge >= 0.3 is 5.57 Å². The van der Waals surface area contributed by atoms with Crippen molar-refractivity contribution in [3.63, 3.8) is 0 Å². The van der Waals surface area contributed by atoms with E-state index >= 15 is 0 Å². The van der Waals surface area contributed by atoms with E-state index in [-0.39, 0.29) is 5.75 Å². The Kier molecular flexibility index (Phi) is 5.75. The van der Waals surface area contributed by atoms with Gasteiger partial charge in [-0.3, -0.25) is 9.89 Å². The van der Waals surface area contributed by atoms with E-state index in [1.54, 1.807) is 12.3 Å². The largest absolute Gasteiger partial charge is 0.487 e. The van der Waals surface area contributed by atoms with E-state index < -0.39 is 11.5 Å². The molecular weight excluding hydrogens is 432 g/mol. The summed E-state index contributed by atoms with van der Waals surface area (Å²) in [7, 11) is 0.